The number of aryl methyl sites for hydroxylation is 1. The van der Waals surface area contributed by atoms with Gasteiger partial charge in [-0.3, -0.25) is 10.8 Å². The molecule has 3 nitrogen and oxygen atoms in total. The molecule has 0 aliphatic carbocycles. The number of aromatic nitrogens is 1. The first-order chi connectivity index (χ1) is 10.2. The Kier molecular flexibility index (Phi) is 3.88. The first kappa shape index (κ1) is 14.0. The number of hydrogen-bond donors (Lipinski definition) is 2. The highest BCUT2D eigenvalue weighted by atomic mass is 35.5. The monoisotopic (exact) mass is 297 g/mol. The van der Waals surface area contributed by atoms with Gasteiger partial charge in [-0.25, -0.2) is 5.43 Å². The lowest BCUT2D eigenvalue weighted by Crippen LogP contribution is -2.29. The van der Waals surface area contributed by atoms with Crippen molar-refractivity contribution in [1.29, 1.82) is 0 Å². The van der Waals surface area contributed by atoms with Gasteiger partial charge in [-0.2, -0.15) is 0 Å². The Balaban J connectivity index is 2.18. The summed E-state index contributed by atoms with van der Waals surface area (Å²) in [5, 5.41) is 1.78. The van der Waals surface area contributed by atoms with Gasteiger partial charge in [0.25, 0.3) is 0 Å². The maximum absolute atomic E-state index is 6.39. The second-order valence-corrected chi connectivity index (χ2v) is 5.45. The summed E-state index contributed by atoms with van der Waals surface area (Å²) in [5.74, 6) is 5.81. The van der Waals surface area contributed by atoms with Crippen LogP contribution in [0.4, 0.5) is 0 Å². The van der Waals surface area contributed by atoms with Gasteiger partial charge in [0.05, 0.1) is 11.6 Å². The standard InChI is InChI=1S/C17H16ClN3/c1-11-7-8-14(15(18)10-11)17(21-19)13-4-2-6-16-12(13)5-3-9-20-16/h2-10,17,21H,19H2,1H3. The highest BCUT2D eigenvalue weighted by Gasteiger charge is 2.18. The normalized spacial score (nSPS) is 12.5. The molecule has 0 spiro atoms. The number of rotatable bonds is 3. The molecule has 0 saturated heterocycles. The van der Waals surface area contributed by atoms with Crippen LogP contribution in [0.1, 0.15) is 22.7 Å². The van der Waals surface area contributed by atoms with Crippen molar-refractivity contribution in [3.05, 3.63) is 76.4 Å². The molecular weight excluding hydrogens is 282 g/mol. The molecule has 3 aromatic rings. The number of fused-ring (bicyclic) bond motifs is 1. The van der Waals surface area contributed by atoms with E-state index in [0.29, 0.717) is 5.02 Å². The van der Waals surface area contributed by atoms with E-state index in [2.05, 4.69) is 10.4 Å². The highest BCUT2D eigenvalue weighted by molar-refractivity contribution is 6.31. The fourth-order valence-corrected chi connectivity index (χ4v) is 2.94. The second kappa shape index (κ2) is 5.82. The summed E-state index contributed by atoms with van der Waals surface area (Å²) in [7, 11) is 0. The Hall–Kier alpha value is -1.94. The number of nitrogens with zero attached hydrogens (tertiary/aromatic N) is 1. The smallest absolute Gasteiger partial charge is 0.0731 e. The number of halogens is 1. The Morgan fingerprint density at radius 1 is 1.10 bits per heavy atom. The first-order valence-corrected chi connectivity index (χ1v) is 7.14. The molecule has 0 radical (unpaired) electrons. The zero-order valence-electron chi connectivity index (χ0n) is 11.7. The summed E-state index contributed by atoms with van der Waals surface area (Å²) in [4.78, 5) is 4.39. The summed E-state index contributed by atoms with van der Waals surface area (Å²) in [6.07, 6.45) is 1.79. The van der Waals surface area contributed by atoms with Crippen molar-refractivity contribution >= 4 is 22.5 Å². The van der Waals surface area contributed by atoms with Crippen LogP contribution in [0.2, 0.25) is 5.02 Å². The Morgan fingerprint density at radius 2 is 1.95 bits per heavy atom. The van der Waals surface area contributed by atoms with E-state index in [1.807, 2.05) is 55.5 Å². The number of hydrogen-bond acceptors (Lipinski definition) is 3. The third-order valence-electron chi connectivity index (χ3n) is 3.62. The molecule has 0 aliphatic heterocycles. The van der Waals surface area contributed by atoms with E-state index in [1.165, 1.54) is 0 Å². The zero-order chi connectivity index (χ0) is 14.8. The van der Waals surface area contributed by atoms with Crippen LogP contribution < -0.4 is 11.3 Å². The Bertz CT molecular complexity index is 781. The fourth-order valence-electron chi connectivity index (χ4n) is 2.59. The van der Waals surface area contributed by atoms with Crippen LogP contribution in [-0.4, -0.2) is 4.98 Å². The van der Waals surface area contributed by atoms with Crippen LogP contribution in [0, 0.1) is 6.92 Å². The van der Waals surface area contributed by atoms with Gasteiger partial charge < -0.3 is 0 Å². The number of hydrazine groups is 1. The zero-order valence-corrected chi connectivity index (χ0v) is 12.4. The lowest BCUT2D eigenvalue weighted by molar-refractivity contribution is 0.641. The summed E-state index contributed by atoms with van der Waals surface area (Å²) in [6, 6.07) is 15.8. The molecule has 0 fully saturated rings. The predicted molar refractivity (Wildman–Crippen MR) is 87.1 cm³/mol. The Morgan fingerprint density at radius 3 is 2.71 bits per heavy atom. The molecule has 21 heavy (non-hydrogen) atoms. The third kappa shape index (κ3) is 2.63. The van der Waals surface area contributed by atoms with Gasteiger partial charge in [0.2, 0.25) is 0 Å². The minimum absolute atomic E-state index is 0.175. The van der Waals surface area contributed by atoms with E-state index in [-0.39, 0.29) is 6.04 Å². The molecule has 0 amide bonds. The number of nitrogens with one attached hydrogen (secondary N) is 1. The van der Waals surface area contributed by atoms with Crippen LogP contribution in [0.3, 0.4) is 0 Å². The molecule has 3 N–H and O–H groups in total. The third-order valence-corrected chi connectivity index (χ3v) is 3.95. The highest BCUT2D eigenvalue weighted by Crippen LogP contribution is 2.32. The van der Waals surface area contributed by atoms with Crippen molar-refractivity contribution in [2.24, 2.45) is 5.84 Å². The van der Waals surface area contributed by atoms with Gasteiger partial charge in [0.15, 0.2) is 0 Å². The molecule has 1 heterocycles. The van der Waals surface area contributed by atoms with E-state index in [0.717, 1.165) is 27.6 Å². The number of nitrogens with two attached hydrogens (primary N) is 1. The lowest BCUT2D eigenvalue weighted by atomic mass is 9.95. The van der Waals surface area contributed by atoms with Crippen LogP contribution >= 0.6 is 11.6 Å². The van der Waals surface area contributed by atoms with Crippen molar-refractivity contribution in [2.45, 2.75) is 13.0 Å². The van der Waals surface area contributed by atoms with E-state index < -0.39 is 0 Å². The first-order valence-electron chi connectivity index (χ1n) is 6.76. The van der Waals surface area contributed by atoms with Crippen LogP contribution in [0.25, 0.3) is 10.9 Å². The minimum Gasteiger partial charge on any atom is -0.271 e. The largest absolute Gasteiger partial charge is 0.271 e. The van der Waals surface area contributed by atoms with Crippen molar-refractivity contribution in [3.63, 3.8) is 0 Å². The van der Waals surface area contributed by atoms with Crippen LogP contribution in [0.15, 0.2) is 54.7 Å². The van der Waals surface area contributed by atoms with E-state index in [1.54, 1.807) is 6.20 Å². The van der Waals surface area contributed by atoms with Crippen molar-refractivity contribution in [3.8, 4) is 0 Å². The van der Waals surface area contributed by atoms with Crippen molar-refractivity contribution in [2.75, 3.05) is 0 Å². The van der Waals surface area contributed by atoms with Gasteiger partial charge >= 0.3 is 0 Å². The van der Waals surface area contributed by atoms with Crippen molar-refractivity contribution in [1.82, 2.24) is 10.4 Å². The van der Waals surface area contributed by atoms with Gasteiger partial charge in [-0.1, -0.05) is 41.9 Å². The maximum atomic E-state index is 6.39. The summed E-state index contributed by atoms with van der Waals surface area (Å²) < 4.78 is 0. The molecular formula is C17H16ClN3. The Labute approximate surface area is 128 Å². The molecule has 1 unspecified atom stereocenters. The summed E-state index contributed by atoms with van der Waals surface area (Å²) in [5.41, 5.74) is 6.97. The van der Waals surface area contributed by atoms with Gasteiger partial charge in [0, 0.05) is 16.6 Å². The van der Waals surface area contributed by atoms with Crippen LogP contribution in [-0.2, 0) is 0 Å². The number of benzene rings is 2. The maximum Gasteiger partial charge on any atom is 0.0731 e. The predicted octanol–water partition coefficient (Wildman–Crippen LogP) is 3.75. The molecule has 4 heteroatoms. The lowest BCUT2D eigenvalue weighted by Gasteiger charge is -2.20. The topological polar surface area (TPSA) is 50.9 Å². The SMILES string of the molecule is Cc1ccc(C(NN)c2cccc3ncccc23)c(Cl)c1. The van der Waals surface area contributed by atoms with Gasteiger partial charge in [-0.05, 0) is 41.8 Å². The molecule has 106 valence electrons. The average molecular weight is 298 g/mol. The quantitative estimate of drug-likeness (QED) is 0.572. The molecule has 0 aliphatic rings. The number of pyridine rings is 1. The van der Waals surface area contributed by atoms with Crippen molar-refractivity contribution < 1.29 is 0 Å². The van der Waals surface area contributed by atoms with Gasteiger partial charge in [0.1, 0.15) is 0 Å². The van der Waals surface area contributed by atoms with E-state index in [4.69, 9.17) is 17.4 Å². The molecule has 3 rings (SSSR count). The fraction of sp³-hybridized carbons (Fsp3) is 0.118. The minimum atomic E-state index is -0.175. The molecule has 0 saturated carbocycles. The molecule has 1 aromatic heterocycles. The molecule has 2 aromatic carbocycles. The van der Waals surface area contributed by atoms with E-state index in [9.17, 15) is 0 Å². The average Bonchev–Trinajstić information content (AvgIpc) is 2.50. The molecule has 1 atom stereocenters. The molecule has 0 bridgehead atoms. The summed E-state index contributed by atoms with van der Waals surface area (Å²) >= 11 is 6.39. The van der Waals surface area contributed by atoms with E-state index >= 15 is 0 Å². The van der Waals surface area contributed by atoms with Crippen LogP contribution in [0.5, 0.6) is 0 Å². The second-order valence-electron chi connectivity index (χ2n) is 5.04. The van der Waals surface area contributed by atoms with Gasteiger partial charge in [-0.15, -0.1) is 0 Å². The summed E-state index contributed by atoms with van der Waals surface area (Å²) in [6.45, 7) is 2.02.